The van der Waals surface area contributed by atoms with E-state index in [4.69, 9.17) is 4.52 Å². The minimum absolute atomic E-state index is 0.0600. The van der Waals surface area contributed by atoms with Crippen molar-refractivity contribution in [2.24, 2.45) is 0 Å². The van der Waals surface area contributed by atoms with Crippen molar-refractivity contribution in [1.29, 1.82) is 0 Å². The second-order valence-corrected chi connectivity index (χ2v) is 6.48. The van der Waals surface area contributed by atoms with E-state index in [1.807, 2.05) is 30.1 Å². The van der Waals surface area contributed by atoms with Crippen LogP contribution < -0.4 is 0 Å². The van der Waals surface area contributed by atoms with E-state index in [2.05, 4.69) is 25.2 Å². The van der Waals surface area contributed by atoms with Crippen LogP contribution in [0.25, 0.3) is 10.9 Å². The number of H-pyrrole nitrogens is 1. The number of hydrogen-bond donors (Lipinski definition) is 1. The Kier molecular flexibility index (Phi) is 3.96. The lowest BCUT2D eigenvalue weighted by Crippen LogP contribution is -2.49. The molecule has 0 spiro atoms. The average molecular weight is 340 g/mol. The number of rotatable bonds is 3. The molecule has 8 nitrogen and oxygen atoms in total. The summed E-state index contributed by atoms with van der Waals surface area (Å²) in [7, 11) is 2.01. The first-order valence-corrected chi connectivity index (χ1v) is 8.30. The Labute approximate surface area is 144 Å². The number of likely N-dealkylation sites (N-methyl/N-ethyl adjacent to an activating group) is 1. The Hall–Kier alpha value is -2.74. The zero-order chi connectivity index (χ0) is 17.4. The fraction of sp³-hybridized carbons (Fsp3) is 0.412. The summed E-state index contributed by atoms with van der Waals surface area (Å²) in [6.07, 6.45) is 2.15. The highest BCUT2D eigenvalue weighted by Crippen LogP contribution is 2.23. The fourth-order valence-electron chi connectivity index (χ4n) is 3.20. The number of carbonyl (C=O) groups is 1. The van der Waals surface area contributed by atoms with Crippen molar-refractivity contribution in [2.75, 3.05) is 26.7 Å². The van der Waals surface area contributed by atoms with E-state index in [9.17, 15) is 4.79 Å². The minimum atomic E-state index is -0.0600. The van der Waals surface area contributed by atoms with Gasteiger partial charge in [0, 0.05) is 25.0 Å². The average Bonchev–Trinajstić information content (AvgIpc) is 3.23. The minimum Gasteiger partial charge on any atom is -0.339 e. The van der Waals surface area contributed by atoms with Crippen molar-refractivity contribution < 1.29 is 9.32 Å². The largest absolute Gasteiger partial charge is 0.339 e. The second kappa shape index (κ2) is 6.29. The molecule has 2 aromatic heterocycles. The van der Waals surface area contributed by atoms with Crippen LogP contribution in [0.1, 0.15) is 23.3 Å². The number of aromatic nitrogens is 4. The molecule has 1 N–H and O–H groups in total. The predicted molar refractivity (Wildman–Crippen MR) is 90.8 cm³/mol. The van der Waals surface area contributed by atoms with Crippen LogP contribution in [0.2, 0.25) is 0 Å². The van der Waals surface area contributed by atoms with E-state index in [0.29, 0.717) is 31.2 Å². The zero-order valence-electron chi connectivity index (χ0n) is 14.3. The van der Waals surface area contributed by atoms with Crippen LogP contribution in [-0.4, -0.2) is 62.7 Å². The molecule has 1 fully saturated rings. The van der Waals surface area contributed by atoms with Crippen LogP contribution in [0.5, 0.6) is 0 Å². The summed E-state index contributed by atoms with van der Waals surface area (Å²) in [5, 5.41) is 11.8. The highest BCUT2D eigenvalue weighted by atomic mass is 16.5. The van der Waals surface area contributed by atoms with Crippen LogP contribution in [0.4, 0.5) is 0 Å². The molecular formula is C17H20N6O2. The maximum Gasteiger partial charge on any atom is 0.245 e. The molecule has 130 valence electrons. The molecule has 0 aliphatic carbocycles. The van der Waals surface area contributed by atoms with Crippen LogP contribution in [-0.2, 0) is 11.2 Å². The van der Waals surface area contributed by atoms with Gasteiger partial charge in [-0.25, -0.2) is 0 Å². The lowest BCUT2D eigenvalue weighted by atomic mass is 10.1. The van der Waals surface area contributed by atoms with Crippen LogP contribution in [0, 0.1) is 6.92 Å². The Morgan fingerprint density at radius 3 is 3.08 bits per heavy atom. The topological polar surface area (TPSA) is 91.2 Å². The van der Waals surface area contributed by atoms with Gasteiger partial charge in [-0.1, -0.05) is 11.2 Å². The molecule has 25 heavy (non-hydrogen) atoms. The van der Waals surface area contributed by atoms with Crippen LogP contribution in [0.3, 0.4) is 0 Å². The van der Waals surface area contributed by atoms with Gasteiger partial charge in [0.1, 0.15) is 6.04 Å². The van der Waals surface area contributed by atoms with Gasteiger partial charge in [-0.2, -0.15) is 10.1 Å². The quantitative estimate of drug-likeness (QED) is 0.773. The van der Waals surface area contributed by atoms with Gasteiger partial charge in [-0.3, -0.25) is 14.8 Å². The van der Waals surface area contributed by atoms with Crippen molar-refractivity contribution in [2.45, 2.75) is 19.4 Å². The summed E-state index contributed by atoms with van der Waals surface area (Å²) in [5.74, 6) is 1.29. The Morgan fingerprint density at radius 1 is 1.40 bits per heavy atom. The van der Waals surface area contributed by atoms with Gasteiger partial charge in [0.2, 0.25) is 11.8 Å². The summed E-state index contributed by atoms with van der Waals surface area (Å²) in [6, 6.07) is 5.87. The third-order valence-electron chi connectivity index (χ3n) is 4.69. The number of hydrogen-bond acceptors (Lipinski definition) is 6. The Morgan fingerprint density at radius 2 is 2.28 bits per heavy atom. The maximum absolute atomic E-state index is 12.7. The molecule has 4 rings (SSSR count). The molecule has 1 atom stereocenters. The highest BCUT2D eigenvalue weighted by molar-refractivity contribution is 5.83. The maximum atomic E-state index is 12.7. The molecular weight excluding hydrogens is 320 g/mol. The summed E-state index contributed by atoms with van der Waals surface area (Å²) < 4.78 is 5.31. The standard InChI is InChI=1S/C17H20N6O2/c1-11-19-17(25-21-11)15-10-23(6-5-22(15)2)16(24)8-12-3-4-14-13(7-12)9-18-20-14/h3-4,7,9,15H,5-6,8,10H2,1-2H3,(H,18,20). The van der Waals surface area contributed by atoms with E-state index in [1.54, 1.807) is 13.1 Å². The van der Waals surface area contributed by atoms with Gasteiger partial charge in [0.15, 0.2) is 5.82 Å². The van der Waals surface area contributed by atoms with Gasteiger partial charge in [0.25, 0.3) is 0 Å². The molecule has 0 bridgehead atoms. The molecule has 3 heterocycles. The Bertz CT molecular complexity index is 901. The van der Waals surface area contributed by atoms with Crippen molar-refractivity contribution in [3.8, 4) is 0 Å². The van der Waals surface area contributed by atoms with E-state index >= 15 is 0 Å². The summed E-state index contributed by atoms with van der Waals surface area (Å²) in [6.45, 7) is 3.83. The number of aryl methyl sites for hydroxylation is 1. The number of nitrogens with zero attached hydrogens (tertiary/aromatic N) is 5. The zero-order valence-corrected chi connectivity index (χ0v) is 14.3. The molecule has 0 saturated carbocycles. The third-order valence-corrected chi connectivity index (χ3v) is 4.69. The first kappa shape index (κ1) is 15.8. The third kappa shape index (κ3) is 3.12. The molecule has 1 amide bonds. The Balaban J connectivity index is 1.47. The van der Waals surface area contributed by atoms with Crippen molar-refractivity contribution in [3.63, 3.8) is 0 Å². The molecule has 1 aliphatic heterocycles. The highest BCUT2D eigenvalue weighted by Gasteiger charge is 2.31. The number of piperazine rings is 1. The predicted octanol–water partition coefficient (Wildman–Crippen LogP) is 1.31. The first-order valence-electron chi connectivity index (χ1n) is 8.30. The van der Waals surface area contributed by atoms with Gasteiger partial charge in [-0.15, -0.1) is 0 Å². The normalized spacial score (nSPS) is 18.8. The molecule has 1 unspecified atom stereocenters. The van der Waals surface area contributed by atoms with Gasteiger partial charge >= 0.3 is 0 Å². The summed E-state index contributed by atoms with van der Waals surface area (Å²) >= 11 is 0. The first-order chi connectivity index (χ1) is 12.1. The number of fused-ring (bicyclic) bond motifs is 1. The van der Waals surface area contributed by atoms with Crippen LogP contribution in [0.15, 0.2) is 28.9 Å². The summed E-state index contributed by atoms with van der Waals surface area (Å²) in [5.41, 5.74) is 1.96. The number of carbonyl (C=O) groups excluding carboxylic acids is 1. The molecule has 1 aliphatic rings. The van der Waals surface area contributed by atoms with Crippen molar-refractivity contribution in [3.05, 3.63) is 41.7 Å². The van der Waals surface area contributed by atoms with Crippen molar-refractivity contribution in [1.82, 2.24) is 30.1 Å². The number of benzene rings is 1. The molecule has 0 radical (unpaired) electrons. The SMILES string of the molecule is Cc1noc(C2CN(C(=O)Cc3ccc4[nH]ncc4c3)CCN2C)n1. The number of nitrogens with one attached hydrogen (secondary N) is 1. The van der Waals surface area contributed by atoms with E-state index in [1.165, 1.54) is 0 Å². The number of aromatic amines is 1. The van der Waals surface area contributed by atoms with Crippen molar-refractivity contribution >= 4 is 16.8 Å². The van der Waals surface area contributed by atoms with Gasteiger partial charge < -0.3 is 9.42 Å². The fourth-order valence-corrected chi connectivity index (χ4v) is 3.20. The second-order valence-electron chi connectivity index (χ2n) is 6.48. The van der Waals surface area contributed by atoms with E-state index in [-0.39, 0.29) is 11.9 Å². The van der Waals surface area contributed by atoms with Gasteiger partial charge in [-0.05, 0) is 31.7 Å². The lowest BCUT2D eigenvalue weighted by Gasteiger charge is -2.37. The van der Waals surface area contributed by atoms with E-state index in [0.717, 1.165) is 23.0 Å². The van der Waals surface area contributed by atoms with Crippen LogP contribution >= 0.6 is 0 Å². The number of amides is 1. The molecule has 3 aromatic rings. The molecule has 1 aromatic carbocycles. The smallest absolute Gasteiger partial charge is 0.245 e. The lowest BCUT2D eigenvalue weighted by molar-refractivity contribution is -0.133. The van der Waals surface area contributed by atoms with E-state index < -0.39 is 0 Å². The molecule has 1 saturated heterocycles. The molecule has 8 heteroatoms. The summed E-state index contributed by atoms with van der Waals surface area (Å²) in [4.78, 5) is 21.1. The monoisotopic (exact) mass is 340 g/mol. The van der Waals surface area contributed by atoms with Gasteiger partial charge in [0.05, 0.1) is 18.1 Å².